The van der Waals surface area contributed by atoms with E-state index in [1.807, 2.05) is 0 Å². The average molecular weight is 1080 g/mol. The zero-order valence-electron chi connectivity index (χ0n) is 34.5. The summed E-state index contributed by atoms with van der Waals surface area (Å²) in [7, 11) is 0. The van der Waals surface area contributed by atoms with Gasteiger partial charge in [0.15, 0.2) is 69.8 Å². The van der Waals surface area contributed by atoms with Crippen molar-refractivity contribution in [1.82, 2.24) is 0 Å². The number of alkyl halides is 9. The van der Waals surface area contributed by atoms with Gasteiger partial charge in [-0.3, -0.25) is 0 Å². The Labute approximate surface area is 396 Å². The Bertz CT molecular complexity index is 2970. The minimum Gasteiger partial charge on any atom is -0.207 e. The number of rotatable bonds is 7. The first-order valence-electron chi connectivity index (χ1n) is 18.4. The van der Waals surface area contributed by atoms with Crippen molar-refractivity contribution in [3.8, 4) is 22.3 Å². The molecule has 0 amide bonds. The number of halogens is 29. The van der Waals surface area contributed by atoms with Gasteiger partial charge in [-0.25, -0.2) is 87.8 Å². The van der Waals surface area contributed by atoms with E-state index in [-0.39, 0.29) is 24.4 Å². The van der Waals surface area contributed by atoms with E-state index in [4.69, 9.17) is 0 Å². The SMILES string of the molecule is C/C=C/c1ccc(-c2c(F)c(F)c(-c3c(F)c(F)c([B-](c4c(F)c(F)c(C(F)(F)F)c(F)c4F)(c4c(F)c(F)c(C(F)(F)F)c(F)c4F)c4c(F)c(F)c(C(F)(F)F)c(F)c4F)c(F)c3F)c(F)c2F)cc1.[Li+]. The molecule has 0 N–H and O–H groups in total. The van der Waals surface area contributed by atoms with Crippen LogP contribution in [0.4, 0.5) is 127 Å². The van der Waals surface area contributed by atoms with Crippen molar-refractivity contribution < 1.29 is 146 Å². The molecule has 0 saturated heterocycles. The van der Waals surface area contributed by atoms with Gasteiger partial charge in [0, 0.05) is 0 Å². The largest absolute Gasteiger partial charge is 1.00 e. The van der Waals surface area contributed by atoms with E-state index < -0.39 is 202 Å². The van der Waals surface area contributed by atoms with Crippen LogP contribution in [-0.4, -0.2) is 6.15 Å². The Kier molecular flexibility index (Phi) is 15.1. The predicted octanol–water partition coefficient (Wildman–Crippen LogP) is 10.3. The average Bonchev–Trinajstić information content (AvgIpc) is 3.26. The standard InChI is InChI=1S/C42H9BF29.Li/c1-2-3-8-4-6-9(7-5-8)10-20(44)22(46)11(23(47)21(10)45)12-24(48)32(56)16(33(57)25(12)49)43(17-34(58)26(50)13(40(64,65)66)27(51)35(17)59,18-36(60)28(52)14(41(67,68)69)29(53)37(18)61)19-38(62)30(54)15(42(70,71)72)31(55)39(19)63;/h2-7H,1H3;/q-1;+1/b3-2+;. The summed E-state index contributed by atoms with van der Waals surface area (Å²) in [5.74, 6) is -81.4. The number of allylic oxidation sites excluding steroid dienone is 1. The van der Waals surface area contributed by atoms with Crippen LogP contribution >= 0.6 is 0 Å². The molecule has 0 spiro atoms. The van der Waals surface area contributed by atoms with Crippen molar-refractivity contribution in [2.24, 2.45) is 0 Å². The van der Waals surface area contributed by atoms with Crippen molar-refractivity contribution in [1.29, 1.82) is 0 Å². The van der Waals surface area contributed by atoms with Crippen molar-refractivity contribution in [2.45, 2.75) is 25.5 Å². The van der Waals surface area contributed by atoms with E-state index >= 15 is 87.8 Å². The van der Waals surface area contributed by atoms with Gasteiger partial charge in [0.05, 0.1) is 16.7 Å². The molecule has 0 aromatic heterocycles. The van der Waals surface area contributed by atoms with E-state index in [0.717, 1.165) is 12.1 Å². The second kappa shape index (κ2) is 19.2. The van der Waals surface area contributed by atoms with Crippen LogP contribution in [0.3, 0.4) is 0 Å². The normalized spacial score (nSPS) is 12.6. The Balaban J connectivity index is 0.00000988. The molecule has 0 aliphatic heterocycles. The van der Waals surface area contributed by atoms with E-state index in [9.17, 15) is 39.5 Å². The maximum Gasteiger partial charge on any atom is 1.00 e. The van der Waals surface area contributed by atoms with Gasteiger partial charge in [-0.1, -0.05) is 36.4 Å². The topological polar surface area (TPSA) is 0 Å². The molecule has 0 bridgehead atoms. The molecule has 73 heavy (non-hydrogen) atoms. The van der Waals surface area contributed by atoms with Gasteiger partial charge < -0.3 is 0 Å². The first-order valence-corrected chi connectivity index (χ1v) is 18.4. The Morgan fingerprint density at radius 1 is 0.301 bits per heavy atom. The van der Waals surface area contributed by atoms with E-state index in [1.54, 1.807) is 0 Å². The fourth-order valence-electron chi connectivity index (χ4n) is 8.01. The van der Waals surface area contributed by atoms with Gasteiger partial charge in [0.25, 0.3) is 0 Å². The molecule has 0 heterocycles. The predicted molar refractivity (Wildman–Crippen MR) is 190 cm³/mol. The second-order valence-electron chi connectivity index (χ2n) is 14.7. The molecule has 384 valence electrons. The maximum absolute atomic E-state index is 17.0. The third-order valence-corrected chi connectivity index (χ3v) is 10.8. The quantitative estimate of drug-likeness (QED) is 0.0849. The van der Waals surface area contributed by atoms with Gasteiger partial charge in [0.1, 0.15) is 69.4 Å². The van der Waals surface area contributed by atoms with Crippen LogP contribution < -0.4 is 40.7 Å². The molecule has 0 fully saturated rings. The van der Waals surface area contributed by atoms with Gasteiger partial charge in [-0.15, -0.1) is 21.9 Å². The second-order valence-corrected chi connectivity index (χ2v) is 14.7. The molecule has 31 heteroatoms. The molecule has 0 nitrogen and oxygen atoms in total. The fraction of sp³-hybridized carbons (Fsp3) is 0.0952. The molecular weight excluding hydrogens is 1070 g/mol. The van der Waals surface area contributed by atoms with Crippen LogP contribution in [0.25, 0.3) is 28.3 Å². The summed E-state index contributed by atoms with van der Waals surface area (Å²) < 4.78 is 445. The van der Waals surface area contributed by atoms with Gasteiger partial charge in [-0.05, 0) is 18.1 Å². The Morgan fingerprint density at radius 3 is 0.726 bits per heavy atom. The third kappa shape index (κ3) is 8.54. The first kappa shape index (κ1) is 57.6. The molecule has 0 aliphatic carbocycles. The molecule has 6 aromatic rings. The summed E-state index contributed by atoms with van der Waals surface area (Å²) in [6, 6.07) is 3.39. The van der Waals surface area contributed by atoms with Crippen LogP contribution in [0.5, 0.6) is 0 Å². The van der Waals surface area contributed by atoms with E-state index in [1.165, 1.54) is 19.1 Å². The fourth-order valence-corrected chi connectivity index (χ4v) is 8.01. The van der Waals surface area contributed by atoms with Crippen LogP contribution in [-0.2, 0) is 18.5 Å². The molecule has 6 aromatic carbocycles. The third-order valence-electron chi connectivity index (χ3n) is 10.8. The van der Waals surface area contributed by atoms with Crippen LogP contribution in [0.15, 0.2) is 30.3 Å². The molecule has 0 atom stereocenters. The monoisotopic (exact) mass is 1080 g/mol. The Morgan fingerprint density at radius 2 is 0.507 bits per heavy atom. The summed E-state index contributed by atoms with van der Waals surface area (Å²) in [6.07, 6.45) is -26.4. The minimum absolute atomic E-state index is 0. The first-order chi connectivity index (χ1) is 33.0. The summed E-state index contributed by atoms with van der Waals surface area (Å²) in [5.41, 5.74) is -38.4. The van der Waals surface area contributed by atoms with Crippen molar-refractivity contribution >= 4 is 34.1 Å². The minimum atomic E-state index is -8.27. The Hall–Kier alpha value is -6.31. The smallest absolute Gasteiger partial charge is 0.207 e. The molecule has 0 aliphatic rings. The number of hydrogen-bond acceptors (Lipinski definition) is 0. The van der Waals surface area contributed by atoms with E-state index in [0.29, 0.717) is 12.1 Å². The molecule has 6 rings (SSSR count). The summed E-state index contributed by atoms with van der Waals surface area (Å²) in [6.45, 7) is 1.45. The molecule has 0 saturated carbocycles. The van der Waals surface area contributed by atoms with Gasteiger partial charge in [-0.2, -0.15) is 39.5 Å². The van der Waals surface area contributed by atoms with Crippen LogP contribution in [0, 0.1) is 116 Å². The zero-order valence-corrected chi connectivity index (χ0v) is 34.5. The summed E-state index contributed by atoms with van der Waals surface area (Å²) in [4.78, 5) is 0. The van der Waals surface area contributed by atoms with Crippen molar-refractivity contribution in [3.63, 3.8) is 0 Å². The summed E-state index contributed by atoms with van der Waals surface area (Å²) in [5, 5.41) is 0. The van der Waals surface area contributed by atoms with Crippen molar-refractivity contribution in [2.75, 3.05) is 0 Å². The van der Waals surface area contributed by atoms with Crippen LogP contribution in [0.1, 0.15) is 29.2 Å². The molecule has 0 radical (unpaired) electrons. The number of benzene rings is 6. The van der Waals surface area contributed by atoms with Gasteiger partial charge >= 0.3 is 37.4 Å². The molecule has 0 unspecified atom stereocenters. The number of hydrogen-bond donors (Lipinski definition) is 0. The van der Waals surface area contributed by atoms with Crippen LogP contribution in [0.2, 0.25) is 0 Å². The molecular formula is C42H9BF29Li. The summed E-state index contributed by atoms with van der Waals surface area (Å²) >= 11 is 0. The maximum atomic E-state index is 17.0. The zero-order chi connectivity index (χ0) is 54.7. The van der Waals surface area contributed by atoms with E-state index in [2.05, 4.69) is 0 Å². The van der Waals surface area contributed by atoms with Crippen molar-refractivity contribution in [3.05, 3.63) is 169 Å². The van der Waals surface area contributed by atoms with Gasteiger partial charge in [0.2, 0.25) is 0 Å².